The van der Waals surface area contributed by atoms with Crippen LogP contribution in [0.2, 0.25) is 0 Å². The predicted octanol–water partition coefficient (Wildman–Crippen LogP) is 4.07. The Morgan fingerprint density at radius 1 is 1.09 bits per heavy atom. The van der Waals surface area contributed by atoms with E-state index in [-0.39, 0.29) is 12.1 Å². The van der Waals surface area contributed by atoms with E-state index < -0.39 is 0 Å². The van der Waals surface area contributed by atoms with E-state index in [0.29, 0.717) is 0 Å². The molecule has 3 aromatic rings. The highest BCUT2D eigenvalue weighted by Gasteiger charge is 2.24. The highest BCUT2D eigenvalue weighted by Crippen LogP contribution is 2.35. The van der Waals surface area contributed by atoms with Gasteiger partial charge in [0.05, 0.1) is 17.5 Å². The van der Waals surface area contributed by atoms with Gasteiger partial charge < -0.3 is 10.4 Å². The van der Waals surface area contributed by atoms with Crippen LogP contribution in [0.4, 0.5) is 5.82 Å². The first-order valence-electron chi connectivity index (χ1n) is 8.06. The molecule has 2 N–H and O–H groups in total. The van der Waals surface area contributed by atoms with Crippen LogP contribution in [0.1, 0.15) is 25.7 Å². The summed E-state index contributed by atoms with van der Waals surface area (Å²) in [7, 11) is 0. The quantitative estimate of drug-likeness (QED) is 0.762. The monoisotopic (exact) mass is 325 g/mol. The van der Waals surface area contributed by atoms with E-state index in [1.807, 2.05) is 18.2 Å². The Hall–Kier alpha value is -1.98. The first-order chi connectivity index (χ1) is 11.3. The normalized spacial score (nSPS) is 21.4. The van der Waals surface area contributed by atoms with E-state index in [1.54, 1.807) is 17.7 Å². The van der Waals surface area contributed by atoms with E-state index in [1.165, 1.54) is 10.4 Å². The van der Waals surface area contributed by atoms with Crippen molar-refractivity contribution in [2.45, 2.75) is 37.8 Å². The van der Waals surface area contributed by atoms with Gasteiger partial charge in [0.25, 0.3) is 0 Å². The molecule has 1 saturated carbocycles. The molecule has 4 rings (SSSR count). The van der Waals surface area contributed by atoms with Gasteiger partial charge in [0.2, 0.25) is 0 Å². The van der Waals surface area contributed by atoms with Gasteiger partial charge in [-0.15, -0.1) is 11.3 Å². The Balaban J connectivity index is 1.69. The number of fused-ring (bicyclic) bond motifs is 1. The zero-order chi connectivity index (χ0) is 15.6. The molecule has 1 aromatic carbocycles. The summed E-state index contributed by atoms with van der Waals surface area (Å²) in [6.07, 6.45) is 5.43. The largest absolute Gasteiger partial charge is 0.391 e. The number of hydrogen-bond acceptors (Lipinski definition) is 5. The first kappa shape index (κ1) is 14.6. The number of rotatable bonds is 3. The predicted molar refractivity (Wildman–Crippen MR) is 94.7 cm³/mol. The lowest BCUT2D eigenvalue weighted by atomic mass is 9.92. The van der Waals surface area contributed by atoms with Gasteiger partial charge in [-0.1, -0.05) is 43.2 Å². The standard InChI is InChI=1S/C18H19N3OS/c22-15-9-5-4-8-14(15)21-17-13-10-16(12-6-2-1-3-7-12)23-18(13)20-11-19-17/h1-3,6-7,10-11,14-15,22H,4-5,8-9H2,(H,19,20,21). The van der Waals surface area contributed by atoms with Crippen molar-refractivity contribution < 1.29 is 5.11 Å². The maximum atomic E-state index is 10.2. The topological polar surface area (TPSA) is 58.0 Å². The van der Waals surface area contributed by atoms with Crippen LogP contribution in [0.3, 0.4) is 0 Å². The second kappa shape index (κ2) is 6.26. The van der Waals surface area contributed by atoms with Crippen LogP contribution in [0, 0.1) is 0 Å². The van der Waals surface area contributed by atoms with E-state index in [0.717, 1.165) is 41.7 Å². The maximum absolute atomic E-state index is 10.2. The smallest absolute Gasteiger partial charge is 0.138 e. The lowest BCUT2D eigenvalue weighted by molar-refractivity contribution is 0.116. The number of hydrogen-bond donors (Lipinski definition) is 2. The Labute approximate surface area is 139 Å². The SMILES string of the molecule is OC1CCCCC1Nc1ncnc2sc(-c3ccccc3)cc12. The zero-order valence-corrected chi connectivity index (χ0v) is 13.6. The highest BCUT2D eigenvalue weighted by molar-refractivity contribution is 7.21. The molecule has 5 heteroatoms. The number of thiophene rings is 1. The average Bonchev–Trinajstić information content (AvgIpc) is 3.03. The summed E-state index contributed by atoms with van der Waals surface area (Å²) in [6.45, 7) is 0. The summed E-state index contributed by atoms with van der Waals surface area (Å²) < 4.78 is 0. The Kier molecular flexibility index (Phi) is 3.97. The molecule has 0 bridgehead atoms. The summed E-state index contributed by atoms with van der Waals surface area (Å²) in [5, 5.41) is 14.7. The number of nitrogens with zero attached hydrogens (tertiary/aromatic N) is 2. The minimum Gasteiger partial charge on any atom is -0.391 e. The third kappa shape index (κ3) is 2.94. The second-order valence-corrected chi connectivity index (χ2v) is 7.05. The Morgan fingerprint density at radius 3 is 2.74 bits per heavy atom. The summed E-state index contributed by atoms with van der Waals surface area (Å²) in [4.78, 5) is 11.0. The van der Waals surface area contributed by atoms with Gasteiger partial charge in [0, 0.05) is 4.88 Å². The van der Waals surface area contributed by atoms with Gasteiger partial charge in [-0.05, 0) is 24.5 Å². The van der Waals surface area contributed by atoms with Gasteiger partial charge in [-0.25, -0.2) is 9.97 Å². The van der Waals surface area contributed by atoms with E-state index in [4.69, 9.17) is 0 Å². The average molecular weight is 325 g/mol. The van der Waals surface area contributed by atoms with Crippen LogP contribution in [0.15, 0.2) is 42.7 Å². The van der Waals surface area contributed by atoms with Crippen molar-refractivity contribution in [3.63, 3.8) is 0 Å². The molecule has 1 aliphatic carbocycles. The van der Waals surface area contributed by atoms with Crippen LogP contribution in [-0.2, 0) is 0 Å². The molecule has 1 aliphatic rings. The summed E-state index contributed by atoms with van der Waals surface area (Å²) in [6, 6.07) is 12.6. The first-order valence-corrected chi connectivity index (χ1v) is 8.87. The molecule has 4 nitrogen and oxygen atoms in total. The Bertz CT molecular complexity index is 802. The molecule has 23 heavy (non-hydrogen) atoms. The van der Waals surface area contributed by atoms with Crippen molar-refractivity contribution in [3.8, 4) is 10.4 Å². The third-order valence-electron chi connectivity index (χ3n) is 4.44. The van der Waals surface area contributed by atoms with Crippen molar-refractivity contribution in [2.24, 2.45) is 0 Å². The van der Waals surface area contributed by atoms with Gasteiger partial charge in [0.1, 0.15) is 17.0 Å². The number of aliphatic hydroxyl groups excluding tert-OH is 1. The molecule has 0 saturated heterocycles. The van der Waals surface area contributed by atoms with Crippen molar-refractivity contribution in [2.75, 3.05) is 5.32 Å². The third-order valence-corrected chi connectivity index (χ3v) is 5.53. The maximum Gasteiger partial charge on any atom is 0.138 e. The molecule has 0 radical (unpaired) electrons. The van der Waals surface area contributed by atoms with Gasteiger partial charge in [-0.2, -0.15) is 0 Å². The van der Waals surface area contributed by atoms with E-state index in [9.17, 15) is 5.11 Å². The van der Waals surface area contributed by atoms with Crippen LogP contribution in [0.5, 0.6) is 0 Å². The number of benzene rings is 1. The number of aliphatic hydroxyl groups is 1. The number of anilines is 1. The molecule has 2 heterocycles. The molecule has 0 amide bonds. The van der Waals surface area contributed by atoms with Crippen LogP contribution in [-0.4, -0.2) is 27.2 Å². The second-order valence-electron chi connectivity index (χ2n) is 6.02. The zero-order valence-electron chi connectivity index (χ0n) is 12.8. The van der Waals surface area contributed by atoms with Crippen molar-refractivity contribution in [1.82, 2.24) is 9.97 Å². The van der Waals surface area contributed by atoms with E-state index >= 15 is 0 Å². The van der Waals surface area contributed by atoms with Crippen molar-refractivity contribution in [1.29, 1.82) is 0 Å². The number of aromatic nitrogens is 2. The highest BCUT2D eigenvalue weighted by atomic mass is 32.1. The van der Waals surface area contributed by atoms with Crippen molar-refractivity contribution in [3.05, 3.63) is 42.7 Å². The van der Waals surface area contributed by atoms with Crippen molar-refractivity contribution >= 4 is 27.4 Å². The van der Waals surface area contributed by atoms with Gasteiger partial charge >= 0.3 is 0 Å². The fourth-order valence-corrected chi connectivity index (χ4v) is 4.17. The summed E-state index contributed by atoms with van der Waals surface area (Å²) >= 11 is 1.67. The fourth-order valence-electron chi connectivity index (χ4n) is 3.17. The summed E-state index contributed by atoms with van der Waals surface area (Å²) in [5.41, 5.74) is 1.19. The molecule has 2 aromatic heterocycles. The lowest BCUT2D eigenvalue weighted by Crippen LogP contribution is -2.36. The van der Waals surface area contributed by atoms with Gasteiger partial charge in [-0.3, -0.25) is 0 Å². The lowest BCUT2D eigenvalue weighted by Gasteiger charge is -2.28. The Morgan fingerprint density at radius 2 is 1.91 bits per heavy atom. The number of nitrogens with one attached hydrogen (secondary N) is 1. The van der Waals surface area contributed by atoms with Crippen LogP contribution < -0.4 is 5.32 Å². The molecular weight excluding hydrogens is 306 g/mol. The molecule has 0 spiro atoms. The molecule has 118 valence electrons. The molecule has 0 aliphatic heterocycles. The van der Waals surface area contributed by atoms with E-state index in [2.05, 4.69) is 33.5 Å². The molecule has 2 atom stereocenters. The van der Waals surface area contributed by atoms with Gasteiger partial charge in [0.15, 0.2) is 0 Å². The molecule has 2 unspecified atom stereocenters. The minimum absolute atomic E-state index is 0.0851. The molecule has 1 fully saturated rings. The van der Waals surface area contributed by atoms with Crippen LogP contribution >= 0.6 is 11.3 Å². The molecular formula is C18H19N3OS. The van der Waals surface area contributed by atoms with Crippen LogP contribution in [0.25, 0.3) is 20.7 Å². The minimum atomic E-state index is -0.291. The fraction of sp³-hybridized carbons (Fsp3) is 0.333. The summed E-state index contributed by atoms with van der Waals surface area (Å²) in [5.74, 6) is 0.833.